The standard InChI is InChI=1S/C18H20N2O2.ClH/c1-22-12-13-5-4-8-16(9-13)20-18(21)17-10-14-6-2-3-7-15(14)11-19-17;/h2-9,17,19H,10-12H2,1H3,(H,20,21);1H. The molecule has 0 saturated carbocycles. The third-order valence-corrected chi connectivity index (χ3v) is 3.90. The Morgan fingerprint density at radius 1 is 1.22 bits per heavy atom. The lowest BCUT2D eigenvalue weighted by atomic mass is 9.95. The van der Waals surface area contributed by atoms with Crippen molar-refractivity contribution in [3.63, 3.8) is 0 Å². The number of nitrogens with one attached hydrogen (secondary N) is 2. The van der Waals surface area contributed by atoms with E-state index >= 15 is 0 Å². The number of hydrogen-bond acceptors (Lipinski definition) is 3. The predicted molar refractivity (Wildman–Crippen MR) is 93.8 cm³/mol. The van der Waals surface area contributed by atoms with Crippen LogP contribution in [0.4, 0.5) is 5.69 Å². The van der Waals surface area contributed by atoms with Gasteiger partial charge in [-0.2, -0.15) is 0 Å². The fraction of sp³-hybridized carbons (Fsp3) is 0.278. The van der Waals surface area contributed by atoms with Crippen LogP contribution in [0.2, 0.25) is 0 Å². The lowest BCUT2D eigenvalue weighted by Crippen LogP contribution is -2.44. The quantitative estimate of drug-likeness (QED) is 0.905. The van der Waals surface area contributed by atoms with Crippen LogP contribution in [0.3, 0.4) is 0 Å². The van der Waals surface area contributed by atoms with Gasteiger partial charge in [-0.1, -0.05) is 36.4 Å². The molecule has 0 spiro atoms. The lowest BCUT2D eigenvalue weighted by molar-refractivity contribution is -0.118. The molecule has 0 saturated heterocycles. The average Bonchev–Trinajstić information content (AvgIpc) is 2.55. The molecule has 1 atom stereocenters. The van der Waals surface area contributed by atoms with Gasteiger partial charge in [0.25, 0.3) is 0 Å². The van der Waals surface area contributed by atoms with Gasteiger partial charge < -0.3 is 15.4 Å². The Labute approximate surface area is 142 Å². The van der Waals surface area contributed by atoms with E-state index in [1.165, 1.54) is 11.1 Å². The molecule has 1 amide bonds. The highest BCUT2D eigenvalue weighted by atomic mass is 35.5. The number of carbonyl (C=O) groups excluding carboxylic acids is 1. The summed E-state index contributed by atoms with van der Waals surface area (Å²) in [5.74, 6) is 0.00377. The first-order valence-corrected chi connectivity index (χ1v) is 7.45. The smallest absolute Gasteiger partial charge is 0.241 e. The van der Waals surface area contributed by atoms with Gasteiger partial charge in [-0.15, -0.1) is 12.4 Å². The van der Waals surface area contributed by atoms with Crippen LogP contribution < -0.4 is 10.6 Å². The number of rotatable bonds is 4. The maximum Gasteiger partial charge on any atom is 0.241 e. The molecule has 1 heterocycles. The van der Waals surface area contributed by atoms with Gasteiger partial charge in [0, 0.05) is 19.3 Å². The second-order valence-corrected chi connectivity index (χ2v) is 5.53. The number of amides is 1. The molecule has 0 aliphatic carbocycles. The van der Waals surface area contributed by atoms with Crippen molar-refractivity contribution in [3.05, 3.63) is 65.2 Å². The molecule has 4 nitrogen and oxygen atoms in total. The molecular formula is C18H21ClN2O2. The maximum absolute atomic E-state index is 12.4. The Hall–Kier alpha value is -1.88. The predicted octanol–water partition coefficient (Wildman–Crippen LogP) is 2.91. The minimum atomic E-state index is -0.194. The SMILES string of the molecule is COCc1cccc(NC(=O)C2Cc3ccccc3CN2)c1.Cl. The molecule has 2 N–H and O–H groups in total. The van der Waals surface area contributed by atoms with Crippen molar-refractivity contribution in [3.8, 4) is 0 Å². The van der Waals surface area contributed by atoms with E-state index in [1.54, 1.807) is 7.11 Å². The van der Waals surface area contributed by atoms with Crippen LogP contribution in [0.25, 0.3) is 0 Å². The van der Waals surface area contributed by atoms with Crippen molar-refractivity contribution >= 4 is 24.0 Å². The summed E-state index contributed by atoms with van der Waals surface area (Å²) in [7, 11) is 1.66. The molecule has 0 radical (unpaired) electrons. The number of anilines is 1. The first-order valence-electron chi connectivity index (χ1n) is 7.45. The van der Waals surface area contributed by atoms with Gasteiger partial charge >= 0.3 is 0 Å². The maximum atomic E-state index is 12.4. The number of fused-ring (bicyclic) bond motifs is 1. The molecular weight excluding hydrogens is 312 g/mol. The van der Waals surface area contributed by atoms with Gasteiger partial charge in [-0.3, -0.25) is 4.79 Å². The minimum Gasteiger partial charge on any atom is -0.380 e. The summed E-state index contributed by atoms with van der Waals surface area (Å²) in [6, 6.07) is 15.8. The number of halogens is 1. The summed E-state index contributed by atoms with van der Waals surface area (Å²) in [6.07, 6.45) is 0.722. The van der Waals surface area contributed by atoms with Crippen LogP contribution in [-0.4, -0.2) is 19.1 Å². The van der Waals surface area contributed by atoms with Crippen molar-refractivity contribution in [2.24, 2.45) is 0 Å². The van der Waals surface area contributed by atoms with E-state index < -0.39 is 0 Å². The zero-order valence-corrected chi connectivity index (χ0v) is 13.9. The second-order valence-electron chi connectivity index (χ2n) is 5.53. The average molecular weight is 333 g/mol. The number of benzene rings is 2. The summed E-state index contributed by atoms with van der Waals surface area (Å²) in [5, 5.41) is 6.28. The van der Waals surface area contributed by atoms with Gasteiger partial charge in [-0.05, 0) is 35.2 Å². The Bertz CT molecular complexity index is 676. The Morgan fingerprint density at radius 2 is 2.00 bits per heavy atom. The van der Waals surface area contributed by atoms with E-state index in [9.17, 15) is 4.79 Å². The van der Waals surface area contributed by atoms with Gasteiger partial charge in [0.05, 0.1) is 12.6 Å². The molecule has 1 aliphatic heterocycles. The zero-order chi connectivity index (χ0) is 15.4. The number of hydrogen-bond donors (Lipinski definition) is 2. The van der Waals surface area contributed by atoms with Crippen molar-refractivity contribution in [1.82, 2.24) is 5.32 Å². The molecule has 122 valence electrons. The van der Waals surface area contributed by atoms with Crippen molar-refractivity contribution < 1.29 is 9.53 Å². The first kappa shape index (κ1) is 17.5. The van der Waals surface area contributed by atoms with Gasteiger partial charge in [0.15, 0.2) is 0 Å². The molecule has 1 unspecified atom stereocenters. The molecule has 0 aromatic heterocycles. The molecule has 0 fully saturated rings. The van der Waals surface area contributed by atoms with Gasteiger partial charge in [0.1, 0.15) is 0 Å². The van der Waals surface area contributed by atoms with Crippen molar-refractivity contribution in [1.29, 1.82) is 0 Å². The highest BCUT2D eigenvalue weighted by molar-refractivity contribution is 5.95. The van der Waals surface area contributed by atoms with Gasteiger partial charge in [-0.25, -0.2) is 0 Å². The Kier molecular flexibility index (Phi) is 6.16. The number of carbonyl (C=O) groups is 1. The molecule has 0 bridgehead atoms. The van der Waals surface area contributed by atoms with Crippen molar-refractivity contribution in [2.75, 3.05) is 12.4 Å². The number of methoxy groups -OCH3 is 1. The molecule has 23 heavy (non-hydrogen) atoms. The van der Waals surface area contributed by atoms with Crippen LogP contribution in [-0.2, 0) is 29.1 Å². The highest BCUT2D eigenvalue weighted by Crippen LogP contribution is 2.18. The summed E-state index contributed by atoms with van der Waals surface area (Å²) in [6.45, 7) is 1.27. The van der Waals surface area contributed by atoms with E-state index in [0.29, 0.717) is 6.61 Å². The second kappa shape index (κ2) is 8.11. The Morgan fingerprint density at radius 3 is 2.78 bits per heavy atom. The monoisotopic (exact) mass is 332 g/mol. The molecule has 3 rings (SSSR count). The largest absolute Gasteiger partial charge is 0.380 e. The summed E-state index contributed by atoms with van der Waals surface area (Å²) >= 11 is 0. The Balaban J connectivity index is 0.00000192. The highest BCUT2D eigenvalue weighted by Gasteiger charge is 2.23. The number of ether oxygens (including phenoxy) is 1. The molecule has 2 aromatic rings. The molecule has 5 heteroatoms. The van der Waals surface area contributed by atoms with Gasteiger partial charge in [0.2, 0.25) is 5.91 Å². The van der Waals surface area contributed by atoms with E-state index in [-0.39, 0.29) is 24.4 Å². The van der Waals surface area contributed by atoms with Crippen LogP contribution in [0.15, 0.2) is 48.5 Å². The van der Waals surface area contributed by atoms with E-state index in [0.717, 1.165) is 24.2 Å². The van der Waals surface area contributed by atoms with Crippen molar-refractivity contribution in [2.45, 2.75) is 25.6 Å². The van der Waals surface area contributed by atoms with E-state index in [4.69, 9.17) is 4.74 Å². The fourth-order valence-corrected chi connectivity index (χ4v) is 2.77. The molecule has 2 aromatic carbocycles. The minimum absolute atomic E-state index is 0. The topological polar surface area (TPSA) is 50.4 Å². The summed E-state index contributed by atoms with van der Waals surface area (Å²) in [4.78, 5) is 12.4. The first-order chi connectivity index (χ1) is 10.8. The normalized spacial score (nSPS) is 16.1. The van der Waals surface area contributed by atoms with Crippen LogP contribution in [0.5, 0.6) is 0 Å². The summed E-state index contributed by atoms with van der Waals surface area (Å²) in [5.41, 5.74) is 4.37. The lowest BCUT2D eigenvalue weighted by Gasteiger charge is -2.25. The van der Waals surface area contributed by atoms with Crippen LogP contribution >= 0.6 is 12.4 Å². The fourth-order valence-electron chi connectivity index (χ4n) is 2.77. The van der Waals surface area contributed by atoms with Crippen LogP contribution in [0, 0.1) is 0 Å². The van der Waals surface area contributed by atoms with E-state index in [1.807, 2.05) is 36.4 Å². The third-order valence-electron chi connectivity index (χ3n) is 3.90. The molecule has 1 aliphatic rings. The summed E-state index contributed by atoms with van der Waals surface area (Å²) < 4.78 is 5.12. The zero-order valence-electron chi connectivity index (χ0n) is 13.0. The van der Waals surface area contributed by atoms with Crippen LogP contribution in [0.1, 0.15) is 16.7 Å². The van der Waals surface area contributed by atoms with E-state index in [2.05, 4.69) is 22.8 Å². The third kappa shape index (κ3) is 4.32.